The lowest BCUT2D eigenvalue weighted by Crippen LogP contribution is -2.06. The number of aryl methyl sites for hydroxylation is 1. The van der Waals surface area contributed by atoms with Crippen LogP contribution in [-0.2, 0) is 6.54 Å². The van der Waals surface area contributed by atoms with Crippen molar-refractivity contribution in [2.75, 3.05) is 7.05 Å². The molecule has 128 valence electrons. The van der Waals surface area contributed by atoms with E-state index in [-0.39, 0.29) is 5.82 Å². The molecular weight excluding hydrogens is 311 g/mol. The lowest BCUT2D eigenvalue weighted by atomic mass is 9.97. The molecule has 0 atom stereocenters. The van der Waals surface area contributed by atoms with Crippen LogP contribution in [0.2, 0.25) is 0 Å². The van der Waals surface area contributed by atoms with E-state index in [2.05, 4.69) is 47.3 Å². The van der Waals surface area contributed by atoms with Gasteiger partial charge in [-0.05, 0) is 67.6 Å². The Morgan fingerprint density at radius 3 is 2.60 bits per heavy atom. The van der Waals surface area contributed by atoms with Crippen LogP contribution in [0, 0.1) is 12.7 Å². The number of halogens is 1. The highest BCUT2D eigenvalue weighted by atomic mass is 19.1. The number of nitrogens with zero attached hydrogens (tertiary/aromatic N) is 1. The SMILES string of the molecule is CNCc1cn(-c2cccc(F)c2)c(-c2ccccc2C)c1C1CC1. The number of rotatable bonds is 5. The van der Waals surface area contributed by atoms with Crippen LogP contribution in [0.25, 0.3) is 16.9 Å². The first-order valence-electron chi connectivity index (χ1n) is 8.89. The third-order valence-electron chi connectivity index (χ3n) is 4.97. The van der Waals surface area contributed by atoms with E-state index in [0.717, 1.165) is 12.2 Å². The molecule has 1 fully saturated rings. The van der Waals surface area contributed by atoms with Gasteiger partial charge in [-0.15, -0.1) is 0 Å². The third-order valence-corrected chi connectivity index (χ3v) is 4.97. The van der Waals surface area contributed by atoms with E-state index in [4.69, 9.17) is 0 Å². The van der Waals surface area contributed by atoms with Crippen molar-refractivity contribution < 1.29 is 4.39 Å². The van der Waals surface area contributed by atoms with Gasteiger partial charge in [0.1, 0.15) is 5.82 Å². The number of benzene rings is 2. The summed E-state index contributed by atoms with van der Waals surface area (Å²) >= 11 is 0. The fourth-order valence-electron chi connectivity index (χ4n) is 3.67. The molecule has 2 aromatic carbocycles. The first kappa shape index (κ1) is 16.1. The predicted octanol–water partition coefficient (Wildman–Crippen LogP) is 5.19. The van der Waals surface area contributed by atoms with Crippen LogP contribution in [0.4, 0.5) is 4.39 Å². The number of hydrogen-bond donors (Lipinski definition) is 1. The maximum atomic E-state index is 13.9. The maximum Gasteiger partial charge on any atom is 0.125 e. The Kier molecular flexibility index (Phi) is 4.18. The Labute approximate surface area is 148 Å². The highest BCUT2D eigenvalue weighted by molar-refractivity contribution is 5.73. The van der Waals surface area contributed by atoms with E-state index in [1.807, 2.05) is 13.1 Å². The molecule has 0 bridgehead atoms. The number of hydrogen-bond acceptors (Lipinski definition) is 1. The topological polar surface area (TPSA) is 17.0 Å². The van der Waals surface area contributed by atoms with Gasteiger partial charge in [0.25, 0.3) is 0 Å². The van der Waals surface area contributed by atoms with Crippen molar-refractivity contribution in [2.45, 2.75) is 32.2 Å². The van der Waals surface area contributed by atoms with E-state index in [9.17, 15) is 4.39 Å². The minimum absolute atomic E-state index is 0.204. The summed E-state index contributed by atoms with van der Waals surface area (Å²) in [7, 11) is 1.98. The summed E-state index contributed by atoms with van der Waals surface area (Å²) in [6.07, 6.45) is 4.66. The van der Waals surface area contributed by atoms with Gasteiger partial charge in [-0.2, -0.15) is 0 Å². The van der Waals surface area contributed by atoms with Crippen LogP contribution in [0.3, 0.4) is 0 Å². The standard InChI is InChI=1S/C22H23FN2/c1-15-6-3-4-9-20(15)22-21(16-10-11-16)17(13-24-2)14-25(22)19-8-5-7-18(23)12-19/h3-9,12,14,16,24H,10-11,13H2,1-2H3. The van der Waals surface area contributed by atoms with Crippen molar-refractivity contribution in [3.63, 3.8) is 0 Å². The Balaban J connectivity index is 2.00. The van der Waals surface area contributed by atoms with Crippen LogP contribution in [0.5, 0.6) is 0 Å². The molecule has 0 aliphatic heterocycles. The van der Waals surface area contributed by atoms with Gasteiger partial charge < -0.3 is 9.88 Å². The van der Waals surface area contributed by atoms with Gasteiger partial charge >= 0.3 is 0 Å². The molecule has 4 rings (SSSR count). The molecule has 1 heterocycles. The zero-order chi connectivity index (χ0) is 17.4. The quantitative estimate of drug-likeness (QED) is 0.679. The third kappa shape index (κ3) is 3.00. The lowest BCUT2D eigenvalue weighted by molar-refractivity contribution is 0.626. The van der Waals surface area contributed by atoms with Gasteiger partial charge in [-0.25, -0.2) is 4.39 Å². The molecule has 1 aliphatic carbocycles. The molecule has 2 nitrogen and oxygen atoms in total. The van der Waals surface area contributed by atoms with Crippen LogP contribution in [0.1, 0.15) is 35.4 Å². The van der Waals surface area contributed by atoms with Crippen LogP contribution >= 0.6 is 0 Å². The molecule has 25 heavy (non-hydrogen) atoms. The van der Waals surface area contributed by atoms with Gasteiger partial charge in [0, 0.05) is 24.0 Å². The fraction of sp³-hybridized carbons (Fsp3) is 0.273. The summed E-state index contributed by atoms with van der Waals surface area (Å²) in [6, 6.07) is 15.3. The number of aromatic nitrogens is 1. The smallest absolute Gasteiger partial charge is 0.125 e. The Hall–Kier alpha value is -2.39. The molecule has 0 saturated heterocycles. The molecule has 1 aromatic heterocycles. The largest absolute Gasteiger partial charge is 0.316 e. The van der Waals surface area contributed by atoms with Gasteiger partial charge in [-0.3, -0.25) is 0 Å². The predicted molar refractivity (Wildman–Crippen MR) is 101 cm³/mol. The Bertz CT molecular complexity index is 906. The monoisotopic (exact) mass is 334 g/mol. The van der Waals surface area contributed by atoms with Crippen molar-refractivity contribution in [3.8, 4) is 16.9 Å². The van der Waals surface area contributed by atoms with Crippen LogP contribution < -0.4 is 5.32 Å². The molecule has 0 spiro atoms. The van der Waals surface area contributed by atoms with Crippen molar-refractivity contribution in [1.82, 2.24) is 9.88 Å². The highest BCUT2D eigenvalue weighted by Gasteiger charge is 2.32. The van der Waals surface area contributed by atoms with Gasteiger partial charge in [0.05, 0.1) is 5.69 Å². The van der Waals surface area contributed by atoms with Gasteiger partial charge in [-0.1, -0.05) is 30.3 Å². The van der Waals surface area contributed by atoms with Crippen molar-refractivity contribution in [1.29, 1.82) is 0 Å². The maximum absolute atomic E-state index is 13.9. The zero-order valence-corrected chi connectivity index (χ0v) is 14.7. The van der Waals surface area contributed by atoms with Gasteiger partial charge in [0.15, 0.2) is 0 Å². The lowest BCUT2D eigenvalue weighted by Gasteiger charge is -2.14. The van der Waals surface area contributed by atoms with E-state index < -0.39 is 0 Å². The van der Waals surface area contributed by atoms with Crippen LogP contribution in [0.15, 0.2) is 54.7 Å². The van der Waals surface area contributed by atoms with E-state index in [0.29, 0.717) is 5.92 Å². The molecule has 1 saturated carbocycles. The molecular formula is C22H23FN2. The first-order valence-corrected chi connectivity index (χ1v) is 8.89. The second-order valence-electron chi connectivity index (χ2n) is 6.89. The minimum atomic E-state index is -0.204. The second kappa shape index (κ2) is 6.49. The molecule has 1 N–H and O–H groups in total. The summed E-state index contributed by atoms with van der Waals surface area (Å²) in [4.78, 5) is 0. The Morgan fingerprint density at radius 2 is 1.92 bits per heavy atom. The average molecular weight is 334 g/mol. The first-order chi connectivity index (χ1) is 12.2. The second-order valence-corrected chi connectivity index (χ2v) is 6.89. The molecule has 0 radical (unpaired) electrons. The zero-order valence-electron chi connectivity index (χ0n) is 14.7. The molecule has 0 amide bonds. The summed E-state index contributed by atoms with van der Waals surface area (Å²) in [5.74, 6) is 0.415. The van der Waals surface area contributed by atoms with E-state index in [1.165, 1.54) is 46.9 Å². The average Bonchev–Trinajstić information content (AvgIpc) is 3.37. The highest BCUT2D eigenvalue weighted by Crippen LogP contribution is 2.48. The van der Waals surface area contributed by atoms with E-state index in [1.54, 1.807) is 12.1 Å². The number of nitrogens with one attached hydrogen (secondary N) is 1. The van der Waals surface area contributed by atoms with Crippen molar-refractivity contribution >= 4 is 0 Å². The summed E-state index contributed by atoms with van der Waals surface area (Å²) in [5, 5.41) is 3.29. The summed E-state index contributed by atoms with van der Waals surface area (Å²) < 4.78 is 16.0. The Morgan fingerprint density at radius 1 is 1.12 bits per heavy atom. The summed E-state index contributed by atoms with van der Waals surface area (Å²) in [6.45, 7) is 2.97. The molecule has 3 aromatic rings. The molecule has 1 aliphatic rings. The van der Waals surface area contributed by atoms with Crippen molar-refractivity contribution in [3.05, 3.63) is 77.2 Å². The van der Waals surface area contributed by atoms with Crippen LogP contribution in [-0.4, -0.2) is 11.6 Å². The van der Waals surface area contributed by atoms with Gasteiger partial charge in [0.2, 0.25) is 0 Å². The molecule has 0 unspecified atom stereocenters. The normalized spacial score (nSPS) is 14.0. The van der Waals surface area contributed by atoms with E-state index >= 15 is 0 Å². The van der Waals surface area contributed by atoms with Crippen molar-refractivity contribution in [2.24, 2.45) is 0 Å². The minimum Gasteiger partial charge on any atom is -0.316 e. The molecule has 3 heteroatoms. The summed E-state index contributed by atoms with van der Waals surface area (Å²) in [5.41, 5.74) is 7.31. The fourth-order valence-corrected chi connectivity index (χ4v) is 3.67.